The Labute approximate surface area is 168 Å². The largest absolute Gasteiger partial charge is 0.289 e. The molecule has 0 saturated heterocycles. The van der Waals surface area contributed by atoms with Crippen molar-refractivity contribution in [3.05, 3.63) is 63.7 Å². The van der Waals surface area contributed by atoms with E-state index in [-0.39, 0.29) is 11.1 Å². The number of nitro groups is 1. The molecule has 3 aromatic rings. The molecule has 146 valence electrons. The van der Waals surface area contributed by atoms with Gasteiger partial charge in [-0.25, -0.2) is 4.98 Å². The van der Waals surface area contributed by atoms with E-state index < -0.39 is 34.4 Å². The van der Waals surface area contributed by atoms with E-state index in [0.717, 1.165) is 21.2 Å². The zero-order valence-electron chi connectivity index (χ0n) is 15.4. The number of nitrogens with zero attached hydrogens (tertiary/aromatic N) is 4. The van der Waals surface area contributed by atoms with E-state index in [4.69, 9.17) is 0 Å². The normalized spacial score (nSPS) is 14.2. The number of carbonyl (C=O) groups is 3. The van der Waals surface area contributed by atoms with Gasteiger partial charge in [-0.2, -0.15) is 0 Å². The van der Waals surface area contributed by atoms with Crippen LogP contribution in [0.3, 0.4) is 0 Å². The molecule has 29 heavy (non-hydrogen) atoms. The molecular weight excluding hydrogens is 396 g/mol. The number of fused-ring (bicyclic) bond motifs is 2. The number of para-hydroxylation sites is 1. The summed E-state index contributed by atoms with van der Waals surface area (Å²) in [6.45, 7) is 1.42. The second-order valence-electron chi connectivity index (χ2n) is 6.47. The van der Waals surface area contributed by atoms with Gasteiger partial charge < -0.3 is 0 Å². The summed E-state index contributed by atoms with van der Waals surface area (Å²) in [5, 5.41) is 11.7. The number of imide groups is 1. The highest BCUT2D eigenvalue weighted by atomic mass is 32.1. The topological polar surface area (TPSA) is 114 Å². The average molecular weight is 410 g/mol. The highest BCUT2D eigenvalue weighted by Crippen LogP contribution is 2.33. The smallest absolute Gasteiger partial charge is 0.282 e. The summed E-state index contributed by atoms with van der Waals surface area (Å²) in [4.78, 5) is 55.5. The van der Waals surface area contributed by atoms with Crippen LogP contribution < -0.4 is 4.90 Å². The maximum atomic E-state index is 13.0. The predicted molar refractivity (Wildman–Crippen MR) is 106 cm³/mol. The summed E-state index contributed by atoms with van der Waals surface area (Å²) in [5.41, 5.74) is -0.0880. The van der Waals surface area contributed by atoms with Crippen molar-refractivity contribution in [2.45, 2.75) is 13.0 Å². The molecule has 0 unspecified atom stereocenters. The molecule has 4 rings (SSSR count). The standard InChI is InChI=1S/C19H14N4O5S/c1-10(16(24)21(2)19-20-12-7-3-4-9-14(12)29-19)22-17(25)11-6-5-8-13(23(27)28)15(11)18(22)26/h3-10H,1-2H3/t10-/m1/s1. The Balaban J connectivity index is 1.65. The lowest BCUT2D eigenvalue weighted by atomic mass is 10.1. The Morgan fingerprint density at radius 2 is 1.90 bits per heavy atom. The molecule has 0 fully saturated rings. The molecule has 0 spiro atoms. The average Bonchev–Trinajstić information content (AvgIpc) is 3.25. The summed E-state index contributed by atoms with van der Waals surface area (Å²) in [6.07, 6.45) is 0. The molecule has 1 aliphatic heterocycles. The maximum absolute atomic E-state index is 13.0. The Morgan fingerprint density at radius 1 is 1.17 bits per heavy atom. The lowest BCUT2D eigenvalue weighted by molar-refractivity contribution is -0.385. The summed E-state index contributed by atoms with van der Waals surface area (Å²) in [5.74, 6) is -2.11. The summed E-state index contributed by atoms with van der Waals surface area (Å²) < 4.78 is 0.895. The SMILES string of the molecule is C[C@H](C(=O)N(C)c1nc2ccccc2s1)N1C(=O)c2cccc([N+](=O)[O-])c2C1=O. The van der Waals surface area contributed by atoms with Gasteiger partial charge in [0.1, 0.15) is 11.6 Å². The number of aromatic nitrogens is 1. The van der Waals surface area contributed by atoms with E-state index in [2.05, 4.69) is 4.98 Å². The number of benzene rings is 2. The lowest BCUT2D eigenvalue weighted by Gasteiger charge is -2.25. The van der Waals surface area contributed by atoms with Gasteiger partial charge in [-0.3, -0.25) is 34.3 Å². The van der Waals surface area contributed by atoms with Gasteiger partial charge in [0.25, 0.3) is 23.4 Å². The van der Waals surface area contributed by atoms with E-state index in [9.17, 15) is 24.5 Å². The second-order valence-corrected chi connectivity index (χ2v) is 7.48. The van der Waals surface area contributed by atoms with Gasteiger partial charge >= 0.3 is 0 Å². The second kappa shape index (κ2) is 6.74. The third-order valence-corrected chi connectivity index (χ3v) is 5.88. The van der Waals surface area contributed by atoms with Crippen LogP contribution in [0.2, 0.25) is 0 Å². The van der Waals surface area contributed by atoms with Crippen LogP contribution in [0.1, 0.15) is 27.6 Å². The van der Waals surface area contributed by atoms with Crippen LogP contribution in [0.4, 0.5) is 10.8 Å². The van der Waals surface area contributed by atoms with Crippen molar-refractivity contribution in [3.63, 3.8) is 0 Å². The first-order chi connectivity index (χ1) is 13.8. The molecule has 2 aromatic carbocycles. The van der Waals surface area contributed by atoms with Crippen LogP contribution in [-0.2, 0) is 4.79 Å². The number of nitro benzene ring substituents is 1. The van der Waals surface area contributed by atoms with Crippen LogP contribution in [-0.4, -0.2) is 45.6 Å². The van der Waals surface area contributed by atoms with Crippen LogP contribution in [0.15, 0.2) is 42.5 Å². The molecule has 0 N–H and O–H groups in total. The third kappa shape index (κ3) is 2.85. The van der Waals surface area contributed by atoms with Crippen molar-refractivity contribution < 1.29 is 19.3 Å². The van der Waals surface area contributed by atoms with Gasteiger partial charge in [0.05, 0.1) is 20.7 Å². The number of hydrogen-bond acceptors (Lipinski definition) is 7. The molecule has 1 atom stereocenters. The van der Waals surface area contributed by atoms with Crippen molar-refractivity contribution in [1.29, 1.82) is 0 Å². The Morgan fingerprint density at radius 3 is 2.59 bits per heavy atom. The molecule has 3 amide bonds. The van der Waals surface area contributed by atoms with Gasteiger partial charge in [0, 0.05) is 13.1 Å². The van der Waals surface area contributed by atoms with E-state index in [0.29, 0.717) is 5.13 Å². The fourth-order valence-electron chi connectivity index (χ4n) is 3.28. The van der Waals surface area contributed by atoms with Crippen LogP contribution in [0.25, 0.3) is 10.2 Å². The molecule has 1 aliphatic rings. The zero-order valence-corrected chi connectivity index (χ0v) is 16.2. The van der Waals surface area contributed by atoms with Gasteiger partial charge in [-0.05, 0) is 25.1 Å². The number of rotatable bonds is 4. The highest BCUT2D eigenvalue weighted by Gasteiger charge is 2.45. The monoisotopic (exact) mass is 410 g/mol. The number of thiazole rings is 1. The maximum Gasteiger partial charge on any atom is 0.282 e. The van der Waals surface area contributed by atoms with E-state index in [1.54, 1.807) is 0 Å². The Hall–Kier alpha value is -3.66. The molecule has 9 nitrogen and oxygen atoms in total. The van der Waals surface area contributed by atoms with Gasteiger partial charge in [0.2, 0.25) is 0 Å². The van der Waals surface area contributed by atoms with Crippen LogP contribution >= 0.6 is 11.3 Å². The fraction of sp³-hybridized carbons (Fsp3) is 0.158. The molecule has 10 heteroatoms. The minimum atomic E-state index is -1.15. The minimum Gasteiger partial charge on any atom is -0.289 e. The quantitative estimate of drug-likeness (QED) is 0.371. The highest BCUT2D eigenvalue weighted by molar-refractivity contribution is 7.22. The fourth-order valence-corrected chi connectivity index (χ4v) is 4.21. The van der Waals surface area contributed by atoms with E-state index >= 15 is 0 Å². The molecule has 1 aromatic heterocycles. The number of anilines is 1. The van der Waals surface area contributed by atoms with Gasteiger partial charge in [-0.1, -0.05) is 29.5 Å². The number of amides is 3. The predicted octanol–water partition coefficient (Wildman–Crippen LogP) is 2.85. The Bertz CT molecular complexity index is 1170. The molecule has 2 heterocycles. The van der Waals surface area contributed by atoms with Crippen molar-refractivity contribution in [2.24, 2.45) is 0 Å². The first-order valence-corrected chi connectivity index (χ1v) is 9.41. The van der Waals surface area contributed by atoms with Crippen molar-refractivity contribution >= 4 is 50.1 Å². The molecule has 0 radical (unpaired) electrons. The van der Waals surface area contributed by atoms with Crippen LogP contribution in [0, 0.1) is 10.1 Å². The molecular formula is C19H14N4O5S. The van der Waals surface area contributed by atoms with Gasteiger partial charge in [0.15, 0.2) is 5.13 Å². The van der Waals surface area contributed by atoms with Crippen molar-refractivity contribution in [2.75, 3.05) is 11.9 Å². The lowest BCUT2D eigenvalue weighted by Crippen LogP contribution is -2.48. The molecule has 0 saturated carbocycles. The van der Waals surface area contributed by atoms with Crippen molar-refractivity contribution in [1.82, 2.24) is 9.88 Å². The summed E-state index contributed by atoms with van der Waals surface area (Å²) in [6, 6.07) is 10.1. The number of likely N-dealkylation sites (N-methyl/N-ethyl adjacent to an activating group) is 1. The van der Waals surface area contributed by atoms with E-state index in [1.165, 1.54) is 42.3 Å². The summed E-state index contributed by atoms with van der Waals surface area (Å²) >= 11 is 1.31. The minimum absolute atomic E-state index is 0.0773. The van der Waals surface area contributed by atoms with E-state index in [1.807, 2.05) is 24.3 Å². The van der Waals surface area contributed by atoms with Crippen LogP contribution in [0.5, 0.6) is 0 Å². The first kappa shape index (κ1) is 18.7. The summed E-state index contributed by atoms with van der Waals surface area (Å²) in [7, 11) is 1.51. The Kier molecular flexibility index (Phi) is 4.35. The third-order valence-electron chi connectivity index (χ3n) is 4.77. The van der Waals surface area contributed by atoms with Crippen molar-refractivity contribution in [3.8, 4) is 0 Å². The molecule has 0 aliphatic carbocycles. The first-order valence-electron chi connectivity index (χ1n) is 8.59. The number of hydrogen-bond donors (Lipinski definition) is 0. The molecule has 0 bridgehead atoms. The number of carbonyl (C=O) groups excluding carboxylic acids is 3. The van der Waals surface area contributed by atoms with Gasteiger partial charge in [-0.15, -0.1) is 0 Å². The zero-order chi connectivity index (χ0) is 20.9.